The van der Waals surface area contributed by atoms with Crippen molar-refractivity contribution in [2.75, 3.05) is 23.8 Å². The van der Waals surface area contributed by atoms with E-state index >= 15 is 0 Å². The minimum absolute atomic E-state index is 0.0914. The van der Waals surface area contributed by atoms with E-state index in [4.69, 9.17) is 27.9 Å². The summed E-state index contributed by atoms with van der Waals surface area (Å²) in [5, 5.41) is 6.83. The van der Waals surface area contributed by atoms with Crippen LogP contribution in [0.4, 0.5) is 11.4 Å². The van der Waals surface area contributed by atoms with Gasteiger partial charge in [-0.1, -0.05) is 30.1 Å². The van der Waals surface area contributed by atoms with Gasteiger partial charge in [0, 0.05) is 10.7 Å². The van der Waals surface area contributed by atoms with E-state index in [1.165, 1.54) is 0 Å². The Hall–Kier alpha value is -1.91. The summed E-state index contributed by atoms with van der Waals surface area (Å²) in [6.45, 7) is 2.82. The maximum atomic E-state index is 12.0. The molecule has 2 aromatic rings. The molecule has 4 nitrogen and oxygen atoms in total. The van der Waals surface area contributed by atoms with E-state index in [0.717, 1.165) is 12.2 Å². The highest BCUT2D eigenvalue weighted by Gasteiger charge is 2.05. The van der Waals surface area contributed by atoms with Crippen molar-refractivity contribution in [3.63, 3.8) is 0 Å². The first-order valence-corrected chi connectivity index (χ1v) is 8.05. The Labute approximate surface area is 145 Å². The second-order valence-electron chi connectivity index (χ2n) is 4.90. The van der Waals surface area contributed by atoms with Crippen molar-refractivity contribution >= 4 is 40.5 Å². The third-order valence-electron chi connectivity index (χ3n) is 2.98. The molecule has 0 saturated carbocycles. The van der Waals surface area contributed by atoms with E-state index < -0.39 is 0 Å². The van der Waals surface area contributed by atoms with E-state index in [-0.39, 0.29) is 12.5 Å². The molecular weight excluding hydrogens is 335 g/mol. The predicted molar refractivity (Wildman–Crippen MR) is 95.8 cm³/mol. The molecule has 0 aliphatic rings. The fourth-order valence-electron chi connectivity index (χ4n) is 1.87. The molecule has 0 unspecified atom stereocenters. The van der Waals surface area contributed by atoms with Crippen molar-refractivity contribution in [1.29, 1.82) is 0 Å². The maximum absolute atomic E-state index is 12.0. The van der Waals surface area contributed by atoms with Crippen LogP contribution in [0.15, 0.2) is 42.5 Å². The van der Waals surface area contributed by atoms with Crippen LogP contribution in [0.25, 0.3) is 0 Å². The number of ether oxygens (including phenoxy) is 1. The maximum Gasteiger partial charge on any atom is 0.243 e. The van der Waals surface area contributed by atoms with Crippen molar-refractivity contribution in [3.05, 3.63) is 52.5 Å². The molecule has 122 valence electrons. The Kier molecular flexibility index (Phi) is 6.56. The lowest BCUT2D eigenvalue weighted by atomic mass is 10.3. The van der Waals surface area contributed by atoms with Crippen LogP contribution < -0.4 is 15.4 Å². The number of rotatable bonds is 7. The van der Waals surface area contributed by atoms with Gasteiger partial charge in [-0.3, -0.25) is 4.79 Å². The highest BCUT2D eigenvalue weighted by Crippen LogP contribution is 2.25. The smallest absolute Gasteiger partial charge is 0.243 e. The lowest BCUT2D eigenvalue weighted by Gasteiger charge is -2.10. The highest BCUT2D eigenvalue weighted by molar-refractivity contribution is 6.35. The standard InChI is InChI=1S/C17H18Cl2N2O2/c1-2-9-23-14-6-4-13(5-7-14)21-17(22)11-20-16-10-12(18)3-8-15(16)19/h3-8,10,20H,2,9,11H2,1H3,(H,21,22). The quantitative estimate of drug-likeness (QED) is 0.749. The van der Waals surface area contributed by atoms with Crippen molar-refractivity contribution in [2.24, 2.45) is 0 Å². The van der Waals surface area contributed by atoms with Gasteiger partial charge in [0.25, 0.3) is 0 Å². The molecule has 1 amide bonds. The molecule has 2 aromatic carbocycles. The molecule has 2 N–H and O–H groups in total. The molecule has 2 rings (SSSR count). The van der Waals surface area contributed by atoms with Crippen LogP contribution >= 0.6 is 23.2 Å². The zero-order valence-corrected chi connectivity index (χ0v) is 14.2. The molecular formula is C17H18Cl2N2O2. The normalized spacial score (nSPS) is 10.2. The molecule has 0 fully saturated rings. The molecule has 0 bridgehead atoms. The average molecular weight is 353 g/mol. The van der Waals surface area contributed by atoms with Crippen molar-refractivity contribution in [2.45, 2.75) is 13.3 Å². The van der Waals surface area contributed by atoms with Crippen molar-refractivity contribution in [1.82, 2.24) is 0 Å². The number of anilines is 2. The third-order valence-corrected chi connectivity index (χ3v) is 3.54. The number of halogens is 2. The van der Waals surface area contributed by atoms with Crippen molar-refractivity contribution in [3.8, 4) is 5.75 Å². The van der Waals surface area contributed by atoms with Crippen molar-refractivity contribution < 1.29 is 9.53 Å². The number of benzene rings is 2. The summed E-state index contributed by atoms with van der Waals surface area (Å²) in [5.41, 5.74) is 1.33. The van der Waals surface area contributed by atoms with E-state index in [9.17, 15) is 4.79 Å². The van der Waals surface area contributed by atoms with E-state index in [0.29, 0.717) is 28.0 Å². The fourth-order valence-corrected chi connectivity index (χ4v) is 2.22. The highest BCUT2D eigenvalue weighted by atomic mass is 35.5. The Bertz CT molecular complexity index is 660. The minimum Gasteiger partial charge on any atom is -0.494 e. The van der Waals surface area contributed by atoms with Gasteiger partial charge in [-0.2, -0.15) is 0 Å². The van der Waals surface area contributed by atoms with E-state index in [1.54, 1.807) is 30.3 Å². The summed E-state index contributed by atoms with van der Waals surface area (Å²) in [5.74, 6) is 0.608. The Balaban J connectivity index is 1.85. The first kappa shape index (κ1) is 17.4. The van der Waals surface area contributed by atoms with Gasteiger partial charge in [0.1, 0.15) is 5.75 Å². The number of amides is 1. The Morgan fingerprint density at radius 3 is 2.57 bits per heavy atom. The number of hydrogen-bond donors (Lipinski definition) is 2. The van der Waals surface area contributed by atoms with Gasteiger partial charge < -0.3 is 15.4 Å². The second-order valence-corrected chi connectivity index (χ2v) is 5.74. The van der Waals surface area contributed by atoms with Gasteiger partial charge in [0.15, 0.2) is 0 Å². The third kappa shape index (κ3) is 5.66. The summed E-state index contributed by atoms with van der Waals surface area (Å²) in [6, 6.07) is 12.3. The van der Waals surface area contributed by atoms with Gasteiger partial charge in [-0.25, -0.2) is 0 Å². The first-order valence-electron chi connectivity index (χ1n) is 7.30. The number of nitrogens with one attached hydrogen (secondary N) is 2. The number of carbonyl (C=O) groups excluding carboxylic acids is 1. The monoisotopic (exact) mass is 352 g/mol. The van der Waals surface area contributed by atoms with Crippen LogP contribution in [0.2, 0.25) is 10.0 Å². The Morgan fingerprint density at radius 2 is 1.87 bits per heavy atom. The summed E-state index contributed by atoms with van der Waals surface area (Å²) in [6.07, 6.45) is 0.955. The van der Waals surface area contributed by atoms with Crippen LogP contribution in [0.3, 0.4) is 0 Å². The van der Waals surface area contributed by atoms with Crippen LogP contribution in [-0.4, -0.2) is 19.1 Å². The molecule has 6 heteroatoms. The lowest BCUT2D eigenvalue weighted by molar-refractivity contribution is -0.114. The lowest BCUT2D eigenvalue weighted by Crippen LogP contribution is -2.21. The molecule has 0 saturated heterocycles. The van der Waals surface area contributed by atoms with Gasteiger partial charge in [-0.15, -0.1) is 0 Å². The fraction of sp³-hybridized carbons (Fsp3) is 0.235. The topological polar surface area (TPSA) is 50.4 Å². The molecule has 0 aliphatic heterocycles. The SMILES string of the molecule is CCCOc1ccc(NC(=O)CNc2cc(Cl)ccc2Cl)cc1. The number of carbonyl (C=O) groups is 1. The zero-order valence-electron chi connectivity index (χ0n) is 12.7. The van der Waals surface area contributed by atoms with Crippen LogP contribution in [0.1, 0.15) is 13.3 Å². The Morgan fingerprint density at radius 1 is 1.13 bits per heavy atom. The molecule has 0 atom stereocenters. The van der Waals surface area contributed by atoms with Gasteiger partial charge in [0.05, 0.1) is 23.9 Å². The van der Waals surface area contributed by atoms with Gasteiger partial charge in [0.2, 0.25) is 5.91 Å². The summed E-state index contributed by atoms with van der Waals surface area (Å²) < 4.78 is 5.49. The summed E-state index contributed by atoms with van der Waals surface area (Å²) >= 11 is 11.9. The van der Waals surface area contributed by atoms with Crippen LogP contribution in [0, 0.1) is 0 Å². The second kappa shape index (κ2) is 8.65. The van der Waals surface area contributed by atoms with Crippen LogP contribution in [-0.2, 0) is 4.79 Å². The van der Waals surface area contributed by atoms with Gasteiger partial charge in [-0.05, 0) is 48.9 Å². The van der Waals surface area contributed by atoms with Gasteiger partial charge >= 0.3 is 0 Å². The molecule has 0 radical (unpaired) electrons. The largest absolute Gasteiger partial charge is 0.494 e. The first-order chi connectivity index (χ1) is 11.1. The van der Waals surface area contributed by atoms with Crippen LogP contribution in [0.5, 0.6) is 5.75 Å². The molecule has 0 aliphatic carbocycles. The number of hydrogen-bond acceptors (Lipinski definition) is 3. The average Bonchev–Trinajstić information content (AvgIpc) is 2.55. The predicted octanol–water partition coefficient (Wildman–Crippen LogP) is 4.83. The summed E-state index contributed by atoms with van der Waals surface area (Å²) in [4.78, 5) is 12.0. The minimum atomic E-state index is -0.178. The molecule has 23 heavy (non-hydrogen) atoms. The van der Waals surface area contributed by atoms with E-state index in [2.05, 4.69) is 10.6 Å². The zero-order chi connectivity index (χ0) is 16.7. The van der Waals surface area contributed by atoms with E-state index in [1.807, 2.05) is 19.1 Å². The summed E-state index contributed by atoms with van der Waals surface area (Å²) in [7, 11) is 0. The molecule has 0 heterocycles. The molecule has 0 spiro atoms. The molecule has 0 aromatic heterocycles.